The second kappa shape index (κ2) is 6.35. The monoisotopic (exact) mass is 274 g/mol. The Balaban J connectivity index is 2.04. The normalized spacial score (nSPS) is 17.4. The fraction of sp³-hybridized carbons (Fsp3) is 0.500. The zero-order chi connectivity index (χ0) is 14.5. The third-order valence-electron chi connectivity index (χ3n) is 3.57. The average Bonchev–Trinajstić information content (AvgIpc) is 2.53. The minimum atomic E-state index is -0.109. The zero-order valence-corrected chi connectivity index (χ0v) is 11.7. The number of hydrogen-bond acceptors (Lipinski definition) is 5. The van der Waals surface area contributed by atoms with E-state index in [1.807, 2.05) is 6.92 Å². The Kier molecular flexibility index (Phi) is 4.53. The number of nitriles is 1. The predicted octanol–water partition coefficient (Wildman–Crippen LogP) is 0.760. The third-order valence-corrected chi connectivity index (χ3v) is 3.57. The molecule has 1 amide bonds. The summed E-state index contributed by atoms with van der Waals surface area (Å²) in [6, 6.07) is 3.79. The van der Waals surface area contributed by atoms with Gasteiger partial charge in [-0.25, -0.2) is 0 Å². The second-order valence-electron chi connectivity index (χ2n) is 4.71. The Labute approximate surface area is 118 Å². The Bertz CT molecular complexity index is 518. The highest BCUT2D eigenvalue weighted by molar-refractivity contribution is 5.96. The van der Waals surface area contributed by atoms with Crippen molar-refractivity contribution >= 4 is 5.91 Å². The SMILES string of the molecule is COc1cnccc1C(=O)N1CCN(C(C)C#N)CC1. The number of carbonyl (C=O) groups excluding carboxylic acids is 1. The number of rotatable bonds is 3. The molecule has 0 aliphatic carbocycles. The molecule has 1 atom stereocenters. The number of piperazine rings is 1. The Hall–Kier alpha value is -2.13. The number of methoxy groups -OCH3 is 1. The third kappa shape index (κ3) is 2.89. The van der Waals surface area contributed by atoms with E-state index in [1.54, 1.807) is 23.4 Å². The fourth-order valence-electron chi connectivity index (χ4n) is 2.28. The number of nitrogens with zero attached hydrogens (tertiary/aromatic N) is 4. The van der Waals surface area contributed by atoms with Gasteiger partial charge >= 0.3 is 0 Å². The van der Waals surface area contributed by atoms with Crippen molar-refractivity contribution in [3.05, 3.63) is 24.0 Å². The quantitative estimate of drug-likeness (QED) is 0.814. The number of ether oxygens (including phenoxy) is 1. The maximum Gasteiger partial charge on any atom is 0.257 e. The molecule has 0 aromatic carbocycles. The van der Waals surface area contributed by atoms with Gasteiger partial charge in [-0.05, 0) is 13.0 Å². The first-order chi connectivity index (χ1) is 9.67. The fourth-order valence-corrected chi connectivity index (χ4v) is 2.28. The lowest BCUT2D eigenvalue weighted by atomic mass is 10.2. The van der Waals surface area contributed by atoms with Crippen LogP contribution in [0.1, 0.15) is 17.3 Å². The van der Waals surface area contributed by atoms with Crippen LogP contribution < -0.4 is 4.74 Å². The molecule has 1 saturated heterocycles. The van der Waals surface area contributed by atoms with Gasteiger partial charge in [0, 0.05) is 32.4 Å². The molecule has 1 fully saturated rings. The molecule has 20 heavy (non-hydrogen) atoms. The van der Waals surface area contributed by atoms with E-state index in [2.05, 4.69) is 16.0 Å². The highest BCUT2D eigenvalue weighted by atomic mass is 16.5. The lowest BCUT2D eigenvalue weighted by molar-refractivity contribution is 0.0612. The van der Waals surface area contributed by atoms with Gasteiger partial charge in [0.05, 0.1) is 31.0 Å². The molecule has 0 bridgehead atoms. The van der Waals surface area contributed by atoms with Crippen LogP contribution in [0.25, 0.3) is 0 Å². The molecule has 1 unspecified atom stereocenters. The summed E-state index contributed by atoms with van der Waals surface area (Å²) in [7, 11) is 1.53. The van der Waals surface area contributed by atoms with Crippen molar-refractivity contribution in [3.8, 4) is 11.8 Å². The minimum Gasteiger partial charge on any atom is -0.494 e. The number of carbonyl (C=O) groups is 1. The Morgan fingerprint density at radius 3 is 2.75 bits per heavy atom. The molecule has 0 N–H and O–H groups in total. The van der Waals surface area contributed by atoms with Crippen LogP contribution in [0.5, 0.6) is 5.75 Å². The maximum absolute atomic E-state index is 12.5. The van der Waals surface area contributed by atoms with Crippen molar-refractivity contribution in [2.45, 2.75) is 13.0 Å². The van der Waals surface area contributed by atoms with Crippen LogP contribution in [0.3, 0.4) is 0 Å². The van der Waals surface area contributed by atoms with Crippen molar-refractivity contribution in [2.75, 3.05) is 33.3 Å². The molecule has 6 heteroatoms. The van der Waals surface area contributed by atoms with Gasteiger partial charge in [-0.2, -0.15) is 5.26 Å². The molecular formula is C14H18N4O2. The smallest absolute Gasteiger partial charge is 0.257 e. The van der Waals surface area contributed by atoms with Crippen LogP contribution in [0.15, 0.2) is 18.5 Å². The average molecular weight is 274 g/mol. The molecule has 2 heterocycles. The van der Waals surface area contributed by atoms with Gasteiger partial charge in [0.2, 0.25) is 0 Å². The first kappa shape index (κ1) is 14.3. The first-order valence-electron chi connectivity index (χ1n) is 6.58. The molecule has 2 rings (SSSR count). The summed E-state index contributed by atoms with van der Waals surface area (Å²) in [5.74, 6) is 0.443. The molecule has 1 aliphatic rings. The van der Waals surface area contributed by atoms with Gasteiger partial charge in [-0.3, -0.25) is 14.7 Å². The van der Waals surface area contributed by atoms with Crippen molar-refractivity contribution in [3.63, 3.8) is 0 Å². The predicted molar refractivity (Wildman–Crippen MR) is 73.3 cm³/mol. The molecule has 6 nitrogen and oxygen atoms in total. The van der Waals surface area contributed by atoms with Gasteiger partial charge in [0.1, 0.15) is 5.75 Å². The molecule has 1 aliphatic heterocycles. The number of aromatic nitrogens is 1. The van der Waals surface area contributed by atoms with Crippen LogP contribution in [0.4, 0.5) is 0 Å². The molecule has 1 aromatic rings. The van der Waals surface area contributed by atoms with Gasteiger partial charge in [-0.15, -0.1) is 0 Å². The van der Waals surface area contributed by atoms with Crippen LogP contribution >= 0.6 is 0 Å². The summed E-state index contributed by atoms with van der Waals surface area (Å²) >= 11 is 0. The topological polar surface area (TPSA) is 69.5 Å². The van der Waals surface area contributed by atoms with Gasteiger partial charge in [0.15, 0.2) is 0 Å². The van der Waals surface area contributed by atoms with Gasteiger partial charge in [0.25, 0.3) is 5.91 Å². The molecule has 0 spiro atoms. The number of pyridine rings is 1. The zero-order valence-electron chi connectivity index (χ0n) is 11.7. The van der Waals surface area contributed by atoms with E-state index in [0.717, 1.165) is 0 Å². The van der Waals surface area contributed by atoms with Crippen molar-refractivity contribution in [1.29, 1.82) is 5.26 Å². The molecule has 0 radical (unpaired) electrons. The number of hydrogen-bond donors (Lipinski definition) is 0. The van der Waals surface area contributed by atoms with E-state index in [0.29, 0.717) is 37.5 Å². The summed E-state index contributed by atoms with van der Waals surface area (Å²) in [5.41, 5.74) is 0.532. The van der Waals surface area contributed by atoms with E-state index in [1.165, 1.54) is 7.11 Å². The number of amides is 1. The van der Waals surface area contributed by atoms with Crippen LogP contribution in [-0.2, 0) is 0 Å². The summed E-state index contributed by atoms with van der Waals surface area (Å²) in [5, 5.41) is 8.91. The maximum atomic E-state index is 12.5. The van der Waals surface area contributed by atoms with E-state index in [4.69, 9.17) is 10.00 Å². The van der Waals surface area contributed by atoms with Gasteiger partial charge in [-0.1, -0.05) is 0 Å². The van der Waals surface area contributed by atoms with E-state index < -0.39 is 0 Å². The van der Waals surface area contributed by atoms with E-state index in [-0.39, 0.29) is 11.9 Å². The lowest BCUT2D eigenvalue weighted by Crippen LogP contribution is -2.51. The van der Waals surface area contributed by atoms with Crippen LogP contribution in [0, 0.1) is 11.3 Å². The van der Waals surface area contributed by atoms with Crippen LogP contribution in [0.2, 0.25) is 0 Å². The highest BCUT2D eigenvalue weighted by Crippen LogP contribution is 2.19. The van der Waals surface area contributed by atoms with E-state index >= 15 is 0 Å². The molecule has 1 aromatic heterocycles. The molecule has 0 saturated carbocycles. The van der Waals surface area contributed by atoms with Crippen LogP contribution in [-0.4, -0.2) is 60.0 Å². The minimum absolute atomic E-state index is 0.0477. The van der Waals surface area contributed by atoms with E-state index in [9.17, 15) is 4.79 Å². The molecule has 106 valence electrons. The summed E-state index contributed by atoms with van der Waals surface area (Å²) < 4.78 is 5.17. The Morgan fingerprint density at radius 1 is 1.45 bits per heavy atom. The summed E-state index contributed by atoms with van der Waals surface area (Å²) in [6.45, 7) is 4.55. The Morgan fingerprint density at radius 2 is 2.15 bits per heavy atom. The van der Waals surface area contributed by atoms with Crippen molar-refractivity contribution in [1.82, 2.24) is 14.8 Å². The first-order valence-corrected chi connectivity index (χ1v) is 6.58. The highest BCUT2D eigenvalue weighted by Gasteiger charge is 2.26. The van der Waals surface area contributed by atoms with Crippen molar-refractivity contribution < 1.29 is 9.53 Å². The summed E-state index contributed by atoms with van der Waals surface area (Å²) in [4.78, 5) is 20.3. The molecular weight excluding hydrogens is 256 g/mol. The van der Waals surface area contributed by atoms with Gasteiger partial charge < -0.3 is 9.64 Å². The summed E-state index contributed by atoms with van der Waals surface area (Å²) in [6.07, 6.45) is 3.13. The lowest BCUT2D eigenvalue weighted by Gasteiger charge is -2.36. The second-order valence-corrected chi connectivity index (χ2v) is 4.71. The largest absolute Gasteiger partial charge is 0.494 e. The van der Waals surface area contributed by atoms with Crippen molar-refractivity contribution in [2.24, 2.45) is 0 Å². The standard InChI is InChI=1S/C14H18N4O2/c1-11(9-15)17-5-7-18(8-6-17)14(19)12-3-4-16-10-13(12)20-2/h3-4,10-11H,5-8H2,1-2H3.